The quantitative estimate of drug-likeness (QED) is 0.539. The lowest BCUT2D eigenvalue weighted by Gasteiger charge is -2.20. The van der Waals surface area contributed by atoms with Gasteiger partial charge in [-0.25, -0.2) is 0 Å². The second kappa shape index (κ2) is 4.44. The molecule has 16 heavy (non-hydrogen) atoms. The summed E-state index contributed by atoms with van der Waals surface area (Å²) >= 11 is 0. The average Bonchev–Trinajstić information content (AvgIpc) is 2.58. The van der Waals surface area contributed by atoms with Crippen molar-refractivity contribution in [2.24, 2.45) is 11.3 Å². The molecule has 0 bridgehead atoms. The molecular weight excluding hydrogens is 200 g/mol. The third kappa shape index (κ3) is 2.06. The molecule has 0 aromatic rings. The van der Waals surface area contributed by atoms with Crippen molar-refractivity contribution in [3.05, 3.63) is 24.3 Å². The van der Waals surface area contributed by atoms with Crippen molar-refractivity contribution in [1.29, 1.82) is 0 Å². The van der Waals surface area contributed by atoms with Gasteiger partial charge in [-0.1, -0.05) is 51.0 Å². The minimum absolute atomic E-state index is 0.0620. The Bertz CT molecular complexity index is 314. The number of esters is 1. The van der Waals surface area contributed by atoms with Gasteiger partial charge in [0.25, 0.3) is 0 Å². The number of hydrogen-bond donors (Lipinski definition) is 0. The number of unbranched alkanes of at least 4 members (excludes halogenated alkanes) is 1. The van der Waals surface area contributed by atoms with Gasteiger partial charge in [-0.2, -0.15) is 0 Å². The number of allylic oxidation sites excluding steroid dienone is 2. The van der Waals surface area contributed by atoms with E-state index in [2.05, 4.69) is 26.0 Å². The number of cyclic esters (lactones) is 1. The maximum Gasteiger partial charge on any atom is 0.320 e. The Morgan fingerprint density at radius 3 is 2.75 bits per heavy atom. The Kier molecular flexibility index (Phi) is 3.17. The summed E-state index contributed by atoms with van der Waals surface area (Å²) in [4.78, 5) is 11.9. The fourth-order valence-corrected chi connectivity index (χ4v) is 2.39. The summed E-state index contributed by atoms with van der Waals surface area (Å²) in [6, 6.07) is 0. The molecule has 0 aromatic heterocycles. The number of carbonyl (C=O) groups excluding carboxylic acids is 1. The van der Waals surface area contributed by atoms with Gasteiger partial charge < -0.3 is 4.74 Å². The third-order valence-corrected chi connectivity index (χ3v) is 3.49. The first kappa shape index (κ1) is 11.4. The van der Waals surface area contributed by atoms with Crippen molar-refractivity contribution in [3.63, 3.8) is 0 Å². The number of hydrogen-bond acceptors (Lipinski definition) is 2. The highest BCUT2D eigenvalue weighted by atomic mass is 16.6. The first-order valence-electron chi connectivity index (χ1n) is 6.26. The summed E-state index contributed by atoms with van der Waals surface area (Å²) in [6.07, 6.45) is 12.5. The molecule has 0 amide bonds. The maximum absolute atomic E-state index is 11.9. The Labute approximate surface area is 97.4 Å². The van der Waals surface area contributed by atoms with E-state index in [1.807, 2.05) is 12.2 Å². The van der Waals surface area contributed by atoms with Gasteiger partial charge in [-0.05, 0) is 12.3 Å². The van der Waals surface area contributed by atoms with Crippen LogP contribution in [0.2, 0.25) is 0 Å². The zero-order chi connectivity index (χ0) is 11.6. The highest BCUT2D eigenvalue weighted by Crippen LogP contribution is 2.41. The van der Waals surface area contributed by atoms with Crippen LogP contribution < -0.4 is 0 Å². The second-order valence-electron chi connectivity index (χ2n) is 4.99. The molecule has 1 atom stereocenters. The molecule has 2 nitrogen and oxygen atoms in total. The van der Waals surface area contributed by atoms with Crippen LogP contribution in [0, 0.1) is 11.3 Å². The first-order valence-corrected chi connectivity index (χ1v) is 6.26. The fraction of sp³-hybridized carbons (Fsp3) is 0.643. The molecule has 0 saturated carbocycles. The van der Waals surface area contributed by atoms with Crippen LogP contribution in [0.15, 0.2) is 24.3 Å². The van der Waals surface area contributed by atoms with Crippen LogP contribution in [0.1, 0.15) is 39.5 Å². The normalized spacial score (nSPS) is 37.0. The number of carbonyl (C=O) groups is 1. The summed E-state index contributed by atoms with van der Waals surface area (Å²) < 4.78 is 5.45. The molecule has 1 heterocycles. The molecule has 2 aliphatic rings. The molecule has 2 heteroatoms. The zero-order valence-corrected chi connectivity index (χ0v) is 10.1. The van der Waals surface area contributed by atoms with Gasteiger partial charge in [0.05, 0.1) is 0 Å². The molecule has 1 saturated heterocycles. The third-order valence-electron chi connectivity index (χ3n) is 3.49. The predicted octanol–water partition coefficient (Wildman–Crippen LogP) is 3.24. The molecule has 1 fully saturated rings. The highest BCUT2D eigenvalue weighted by molar-refractivity contribution is 5.84. The van der Waals surface area contributed by atoms with E-state index in [-0.39, 0.29) is 12.1 Å². The first-order chi connectivity index (χ1) is 7.66. The Morgan fingerprint density at radius 1 is 1.44 bits per heavy atom. The van der Waals surface area contributed by atoms with E-state index in [4.69, 9.17) is 4.74 Å². The van der Waals surface area contributed by atoms with E-state index in [9.17, 15) is 4.79 Å². The van der Waals surface area contributed by atoms with Crippen molar-refractivity contribution in [3.8, 4) is 0 Å². The lowest BCUT2D eigenvalue weighted by atomic mass is 9.79. The molecule has 1 aliphatic heterocycles. The van der Waals surface area contributed by atoms with Crippen LogP contribution in [0.5, 0.6) is 0 Å². The Hall–Kier alpha value is -1.05. The lowest BCUT2D eigenvalue weighted by Crippen LogP contribution is -2.23. The van der Waals surface area contributed by atoms with E-state index < -0.39 is 5.41 Å². The minimum atomic E-state index is -0.440. The summed E-state index contributed by atoms with van der Waals surface area (Å²) in [5.41, 5.74) is -0.440. The van der Waals surface area contributed by atoms with Crippen molar-refractivity contribution in [2.45, 2.75) is 45.6 Å². The second-order valence-corrected chi connectivity index (χ2v) is 4.99. The van der Waals surface area contributed by atoms with Crippen molar-refractivity contribution < 1.29 is 9.53 Å². The van der Waals surface area contributed by atoms with Crippen LogP contribution in [-0.2, 0) is 9.53 Å². The fourth-order valence-electron chi connectivity index (χ4n) is 2.39. The molecule has 0 radical (unpaired) electrons. The topological polar surface area (TPSA) is 26.3 Å². The van der Waals surface area contributed by atoms with Crippen LogP contribution >= 0.6 is 0 Å². The Balaban J connectivity index is 2.05. The van der Waals surface area contributed by atoms with Crippen LogP contribution in [0.3, 0.4) is 0 Å². The van der Waals surface area contributed by atoms with Gasteiger partial charge in [0.1, 0.15) is 11.5 Å². The molecule has 2 rings (SSSR count). The standard InChI is InChI=1S/C14H20O2/c1-3-4-5-12-10-14(13(15)16-12)8-6-11(2)7-9-14/h6-9,11-12H,3-5,10H2,1-2H3. The van der Waals surface area contributed by atoms with Crippen LogP contribution in [-0.4, -0.2) is 12.1 Å². The molecule has 0 N–H and O–H groups in total. The van der Waals surface area contributed by atoms with Crippen molar-refractivity contribution in [1.82, 2.24) is 0 Å². The smallest absolute Gasteiger partial charge is 0.320 e. The van der Waals surface area contributed by atoms with Crippen LogP contribution in [0.4, 0.5) is 0 Å². The van der Waals surface area contributed by atoms with Gasteiger partial charge >= 0.3 is 5.97 Å². The SMILES string of the molecule is CCCCC1CC2(C=CC(C)C=C2)C(=O)O1. The summed E-state index contributed by atoms with van der Waals surface area (Å²) in [6.45, 7) is 4.28. The molecule has 88 valence electrons. The van der Waals surface area contributed by atoms with Gasteiger partial charge in [-0.15, -0.1) is 0 Å². The van der Waals surface area contributed by atoms with Crippen molar-refractivity contribution in [2.75, 3.05) is 0 Å². The van der Waals surface area contributed by atoms with Crippen molar-refractivity contribution >= 4 is 5.97 Å². The van der Waals surface area contributed by atoms with E-state index in [1.54, 1.807) is 0 Å². The molecular formula is C14H20O2. The Morgan fingerprint density at radius 2 is 2.12 bits per heavy atom. The summed E-state index contributed by atoms with van der Waals surface area (Å²) in [7, 11) is 0. The molecule has 1 spiro atoms. The zero-order valence-electron chi connectivity index (χ0n) is 10.1. The van der Waals surface area contributed by atoms with Gasteiger partial charge in [0.2, 0.25) is 0 Å². The largest absolute Gasteiger partial charge is 0.461 e. The summed E-state index contributed by atoms with van der Waals surface area (Å²) in [5.74, 6) is 0.376. The number of ether oxygens (including phenoxy) is 1. The monoisotopic (exact) mass is 220 g/mol. The van der Waals surface area contributed by atoms with E-state index >= 15 is 0 Å². The highest BCUT2D eigenvalue weighted by Gasteiger charge is 2.45. The molecule has 1 aliphatic carbocycles. The average molecular weight is 220 g/mol. The predicted molar refractivity (Wildman–Crippen MR) is 63.9 cm³/mol. The van der Waals surface area contributed by atoms with Gasteiger partial charge in [0.15, 0.2) is 0 Å². The van der Waals surface area contributed by atoms with Gasteiger partial charge in [0, 0.05) is 6.42 Å². The number of rotatable bonds is 3. The molecule has 1 unspecified atom stereocenters. The van der Waals surface area contributed by atoms with E-state index in [0.717, 1.165) is 25.7 Å². The van der Waals surface area contributed by atoms with Crippen LogP contribution in [0.25, 0.3) is 0 Å². The maximum atomic E-state index is 11.9. The van der Waals surface area contributed by atoms with E-state index in [0.29, 0.717) is 5.92 Å². The molecule has 0 aromatic carbocycles. The lowest BCUT2D eigenvalue weighted by molar-refractivity contribution is -0.145. The van der Waals surface area contributed by atoms with E-state index in [1.165, 1.54) is 0 Å². The minimum Gasteiger partial charge on any atom is -0.461 e. The summed E-state index contributed by atoms with van der Waals surface area (Å²) in [5, 5.41) is 0. The van der Waals surface area contributed by atoms with Gasteiger partial charge in [-0.3, -0.25) is 4.79 Å².